The van der Waals surface area contributed by atoms with E-state index in [9.17, 15) is 0 Å². The zero-order chi connectivity index (χ0) is 15.6. The van der Waals surface area contributed by atoms with Gasteiger partial charge in [0.05, 0.1) is 0 Å². The lowest BCUT2D eigenvalue weighted by molar-refractivity contribution is 0.530. The van der Waals surface area contributed by atoms with Crippen molar-refractivity contribution in [3.05, 3.63) is 0 Å². The summed E-state index contributed by atoms with van der Waals surface area (Å²) in [4.78, 5) is 0.783. The molecule has 0 heterocycles. The number of halogens is 1. The van der Waals surface area contributed by atoms with Gasteiger partial charge in [-0.3, -0.25) is 0 Å². The maximum absolute atomic E-state index is 3.81. The molecule has 1 atom stereocenters. The maximum Gasteiger partial charge on any atom is 0.0145 e. The first-order valence-electron chi connectivity index (χ1n) is 9.95. The van der Waals surface area contributed by atoms with Gasteiger partial charge in [0.2, 0.25) is 0 Å². The summed E-state index contributed by atoms with van der Waals surface area (Å²) >= 11 is 3.81. The minimum absolute atomic E-state index is 0.783. The van der Waals surface area contributed by atoms with Crippen LogP contribution in [0.1, 0.15) is 123 Å². The number of hydrogen-bond acceptors (Lipinski definition) is 0. The van der Waals surface area contributed by atoms with E-state index in [2.05, 4.69) is 29.8 Å². The van der Waals surface area contributed by atoms with E-state index in [-0.39, 0.29) is 0 Å². The van der Waals surface area contributed by atoms with Crippen molar-refractivity contribution in [1.82, 2.24) is 0 Å². The molecular formula is C20H41Br. The number of hydrogen-bond donors (Lipinski definition) is 0. The van der Waals surface area contributed by atoms with Crippen LogP contribution in [0, 0.1) is 0 Å². The highest BCUT2D eigenvalue weighted by molar-refractivity contribution is 9.09. The summed E-state index contributed by atoms with van der Waals surface area (Å²) in [6, 6.07) is 0. The Bertz CT molecular complexity index is 179. The Morgan fingerprint density at radius 1 is 0.476 bits per heavy atom. The first-order chi connectivity index (χ1) is 10.3. The zero-order valence-corrected chi connectivity index (χ0v) is 16.6. The van der Waals surface area contributed by atoms with Crippen LogP contribution in [-0.2, 0) is 0 Å². The molecule has 0 aliphatic rings. The van der Waals surface area contributed by atoms with Crippen molar-refractivity contribution in [3.8, 4) is 0 Å². The summed E-state index contributed by atoms with van der Waals surface area (Å²) in [5, 5.41) is 0. The molecule has 0 aromatic rings. The van der Waals surface area contributed by atoms with E-state index in [1.165, 1.54) is 109 Å². The number of unbranched alkanes of at least 4 members (excludes halogenated alkanes) is 13. The Hall–Kier alpha value is 0.480. The van der Waals surface area contributed by atoms with Gasteiger partial charge in [0, 0.05) is 4.83 Å². The van der Waals surface area contributed by atoms with Crippen LogP contribution in [0.15, 0.2) is 0 Å². The summed E-state index contributed by atoms with van der Waals surface area (Å²) in [6.45, 7) is 4.58. The summed E-state index contributed by atoms with van der Waals surface area (Å²) in [6.07, 6.45) is 24.4. The number of rotatable bonds is 17. The molecule has 0 radical (unpaired) electrons. The standard InChI is InChI=1S/C20H41Br/c1-3-5-7-8-9-10-11-12-13-14-15-16-17-19-20(21)18-6-4-2/h20H,3-19H2,1-2H3. The topological polar surface area (TPSA) is 0 Å². The molecule has 0 amide bonds. The van der Waals surface area contributed by atoms with Gasteiger partial charge in [-0.15, -0.1) is 0 Å². The average Bonchev–Trinajstić information content (AvgIpc) is 2.49. The molecule has 0 spiro atoms. The molecule has 1 heteroatoms. The van der Waals surface area contributed by atoms with Gasteiger partial charge in [0.25, 0.3) is 0 Å². The van der Waals surface area contributed by atoms with E-state index >= 15 is 0 Å². The molecule has 0 nitrogen and oxygen atoms in total. The van der Waals surface area contributed by atoms with E-state index in [1.54, 1.807) is 0 Å². The van der Waals surface area contributed by atoms with Gasteiger partial charge in [-0.25, -0.2) is 0 Å². The van der Waals surface area contributed by atoms with Crippen LogP contribution in [-0.4, -0.2) is 4.83 Å². The molecule has 21 heavy (non-hydrogen) atoms. The predicted molar refractivity (Wildman–Crippen MR) is 103 cm³/mol. The summed E-state index contributed by atoms with van der Waals surface area (Å²) < 4.78 is 0. The predicted octanol–water partition coefficient (Wildman–Crippen LogP) is 8.42. The lowest BCUT2D eigenvalue weighted by Crippen LogP contribution is -1.97. The highest BCUT2D eigenvalue weighted by Crippen LogP contribution is 2.18. The van der Waals surface area contributed by atoms with E-state index in [0.29, 0.717) is 0 Å². The third kappa shape index (κ3) is 18.4. The fraction of sp³-hybridized carbons (Fsp3) is 1.00. The second-order valence-electron chi connectivity index (χ2n) is 6.77. The second-order valence-corrected chi connectivity index (χ2v) is 8.07. The first-order valence-corrected chi connectivity index (χ1v) is 10.9. The van der Waals surface area contributed by atoms with Gasteiger partial charge in [-0.2, -0.15) is 0 Å². The van der Waals surface area contributed by atoms with Crippen molar-refractivity contribution in [3.63, 3.8) is 0 Å². The largest absolute Gasteiger partial charge is 0.0891 e. The maximum atomic E-state index is 3.81. The van der Waals surface area contributed by atoms with Crippen molar-refractivity contribution in [2.45, 2.75) is 128 Å². The Morgan fingerprint density at radius 2 is 0.810 bits per heavy atom. The van der Waals surface area contributed by atoms with Crippen LogP contribution in [0.25, 0.3) is 0 Å². The van der Waals surface area contributed by atoms with Gasteiger partial charge < -0.3 is 0 Å². The molecule has 0 aromatic heterocycles. The summed E-state index contributed by atoms with van der Waals surface area (Å²) in [7, 11) is 0. The lowest BCUT2D eigenvalue weighted by Gasteiger charge is -2.08. The summed E-state index contributed by atoms with van der Waals surface area (Å²) in [5.41, 5.74) is 0. The molecule has 0 fully saturated rings. The Labute approximate surface area is 144 Å². The Kier molecular flexibility index (Phi) is 19.0. The molecule has 0 N–H and O–H groups in total. The molecule has 0 saturated carbocycles. The molecule has 128 valence electrons. The molecule has 0 saturated heterocycles. The monoisotopic (exact) mass is 360 g/mol. The van der Waals surface area contributed by atoms with E-state index < -0.39 is 0 Å². The van der Waals surface area contributed by atoms with Gasteiger partial charge in [0.15, 0.2) is 0 Å². The fourth-order valence-corrected chi connectivity index (χ4v) is 3.60. The molecular weight excluding hydrogens is 320 g/mol. The fourth-order valence-electron chi connectivity index (χ4n) is 2.95. The highest BCUT2D eigenvalue weighted by atomic mass is 79.9. The Morgan fingerprint density at radius 3 is 1.24 bits per heavy atom. The third-order valence-electron chi connectivity index (χ3n) is 4.49. The number of alkyl halides is 1. The summed E-state index contributed by atoms with van der Waals surface area (Å²) in [5.74, 6) is 0. The zero-order valence-electron chi connectivity index (χ0n) is 15.0. The van der Waals surface area contributed by atoms with Crippen molar-refractivity contribution < 1.29 is 0 Å². The molecule has 0 rings (SSSR count). The van der Waals surface area contributed by atoms with E-state index in [4.69, 9.17) is 0 Å². The van der Waals surface area contributed by atoms with Gasteiger partial charge >= 0.3 is 0 Å². The van der Waals surface area contributed by atoms with Crippen LogP contribution in [0.2, 0.25) is 0 Å². The molecule has 0 aliphatic carbocycles. The van der Waals surface area contributed by atoms with Crippen LogP contribution < -0.4 is 0 Å². The van der Waals surface area contributed by atoms with E-state index in [0.717, 1.165) is 4.83 Å². The molecule has 0 aromatic carbocycles. The molecule has 1 unspecified atom stereocenters. The van der Waals surface area contributed by atoms with Crippen LogP contribution in [0.4, 0.5) is 0 Å². The first kappa shape index (κ1) is 21.5. The van der Waals surface area contributed by atoms with Crippen molar-refractivity contribution >= 4 is 15.9 Å². The SMILES string of the molecule is CCCCCCCCCCCCCCCC(Br)CCCC. The van der Waals surface area contributed by atoms with Gasteiger partial charge in [0.1, 0.15) is 0 Å². The van der Waals surface area contributed by atoms with Gasteiger partial charge in [-0.05, 0) is 12.8 Å². The Balaban J connectivity index is 3.02. The van der Waals surface area contributed by atoms with E-state index in [1.807, 2.05) is 0 Å². The van der Waals surface area contributed by atoms with Gasteiger partial charge in [-0.1, -0.05) is 126 Å². The molecule has 0 aliphatic heterocycles. The molecule has 0 bridgehead atoms. The second kappa shape index (κ2) is 18.5. The van der Waals surface area contributed by atoms with Crippen LogP contribution in [0.5, 0.6) is 0 Å². The lowest BCUT2D eigenvalue weighted by atomic mass is 10.0. The van der Waals surface area contributed by atoms with Crippen molar-refractivity contribution in [2.24, 2.45) is 0 Å². The normalized spacial score (nSPS) is 12.7. The van der Waals surface area contributed by atoms with Crippen molar-refractivity contribution in [1.29, 1.82) is 0 Å². The van der Waals surface area contributed by atoms with Crippen molar-refractivity contribution in [2.75, 3.05) is 0 Å². The average molecular weight is 361 g/mol. The highest BCUT2D eigenvalue weighted by Gasteiger charge is 2.02. The smallest absolute Gasteiger partial charge is 0.0145 e. The minimum atomic E-state index is 0.783. The van der Waals surface area contributed by atoms with Crippen LogP contribution in [0.3, 0.4) is 0 Å². The minimum Gasteiger partial charge on any atom is -0.0891 e. The van der Waals surface area contributed by atoms with Crippen LogP contribution >= 0.6 is 15.9 Å². The third-order valence-corrected chi connectivity index (χ3v) is 5.41. The quantitative estimate of drug-likeness (QED) is 0.180.